The Morgan fingerprint density at radius 1 is 1.03 bits per heavy atom. The number of rotatable bonds is 8. The van der Waals surface area contributed by atoms with Crippen molar-refractivity contribution < 1.29 is 27.2 Å². The molecule has 1 aliphatic heterocycles. The zero-order chi connectivity index (χ0) is 22.6. The van der Waals surface area contributed by atoms with Crippen LogP contribution in [0.5, 0.6) is 5.75 Å². The molecule has 166 valence electrons. The predicted octanol–water partition coefficient (Wildman–Crippen LogP) is 2.61. The first kappa shape index (κ1) is 21.6. The summed E-state index contributed by atoms with van der Waals surface area (Å²) < 4.78 is 35.9. The van der Waals surface area contributed by atoms with Crippen molar-refractivity contribution in [2.75, 3.05) is 11.4 Å². The fourth-order valence-electron chi connectivity index (χ4n) is 3.21. The molecule has 4 rings (SSSR count). The monoisotopic (exact) mass is 455 g/mol. The molecular weight excluding hydrogens is 434 g/mol. The van der Waals surface area contributed by atoms with Crippen LogP contribution in [0.25, 0.3) is 0 Å². The van der Waals surface area contributed by atoms with E-state index >= 15 is 0 Å². The fraction of sp³-hybridized carbons (Fsp3) is 0.182. The van der Waals surface area contributed by atoms with Gasteiger partial charge >= 0.3 is 5.91 Å². The number of benzene rings is 2. The van der Waals surface area contributed by atoms with Gasteiger partial charge in [-0.3, -0.25) is 15.0 Å². The Balaban J connectivity index is 1.33. The van der Waals surface area contributed by atoms with Crippen molar-refractivity contribution in [2.24, 2.45) is 0 Å². The van der Waals surface area contributed by atoms with Gasteiger partial charge in [0.05, 0.1) is 4.90 Å². The highest BCUT2D eigenvalue weighted by atomic mass is 32.2. The zero-order valence-electron chi connectivity index (χ0n) is 17.0. The number of ether oxygens (including phenoxy) is 1. The lowest BCUT2D eigenvalue weighted by atomic mass is 10.3. The molecule has 0 bridgehead atoms. The lowest BCUT2D eigenvalue weighted by molar-refractivity contribution is -0.117. The van der Waals surface area contributed by atoms with Gasteiger partial charge in [-0.15, -0.1) is 4.83 Å². The van der Waals surface area contributed by atoms with Crippen molar-refractivity contribution in [3.63, 3.8) is 0 Å². The van der Waals surface area contributed by atoms with Crippen LogP contribution < -0.4 is 19.9 Å². The third kappa shape index (κ3) is 4.98. The minimum atomic E-state index is -4.01. The van der Waals surface area contributed by atoms with Crippen LogP contribution in [-0.2, 0) is 21.4 Å². The van der Waals surface area contributed by atoms with E-state index < -0.39 is 15.9 Å². The topological polar surface area (TPSA) is 118 Å². The number of carbonyl (C=O) groups excluding carboxylic acids is 2. The van der Waals surface area contributed by atoms with Gasteiger partial charge in [-0.25, -0.2) is 8.42 Å². The number of amides is 2. The molecule has 1 saturated heterocycles. The molecule has 1 aromatic heterocycles. The van der Waals surface area contributed by atoms with Crippen LogP contribution in [-0.4, -0.2) is 26.8 Å². The summed E-state index contributed by atoms with van der Waals surface area (Å²) in [6.07, 6.45) is 1.26. The van der Waals surface area contributed by atoms with Crippen LogP contribution in [0, 0.1) is 0 Å². The van der Waals surface area contributed by atoms with Gasteiger partial charge in [0.25, 0.3) is 10.0 Å². The van der Waals surface area contributed by atoms with Gasteiger partial charge in [-0.05, 0) is 55.0 Å². The maximum atomic E-state index is 12.5. The summed E-state index contributed by atoms with van der Waals surface area (Å²) >= 11 is 0. The second-order valence-electron chi connectivity index (χ2n) is 7.07. The van der Waals surface area contributed by atoms with E-state index in [1.54, 1.807) is 35.2 Å². The molecule has 10 heteroatoms. The standard InChI is InChI=1S/C22H21N3O6S/c26-21-7-4-14-25(21)16-8-11-19(12-9-16)32(28,29)24-23-22(27)20-13-10-18(31-20)15-30-17-5-2-1-3-6-17/h1-3,5-6,8-13,24H,4,7,14-15H2,(H,23,27). The van der Waals surface area contributed by atoms with E-state index in [1.807, 2.05) is 23.0 Å². The number of furan rings is 1. The van der Waals surface area contributed by atoms with E-state index in [0.717, 1.165) is 6.42 Å². The van der Waals surface area contributed by atoms with Gasteiger partial charge in [-0.1, -0.05) is 18.2 Å². The molecule has 0 unspecified atom stereocenters. The van der Waals surface area contributed by atoms with Crippen molar-refractivity contribution >= 4 is 27.5 Å². The highest BCUT2D eigenvalue weighted by Crippen LogP contribution is 2.23. The summed E-state index contributed by atoms with van der Waals surface area (Å²) in [7, 11) is -4.01. The third-order valence-corrected chi connectivity index (χ3v) is 6.10. The first-order chi connectivity index (χ1) is 15.4. The molecule has 2 N–H and O–H groups in total. The molecule has 2 amide bonds. The van der Waals surface area contributed by atoms with Crippen molar-refractivity contribution in [3.05, 3.63) is 78.3 Å². The van der Waals surface area contributed by atoms with Crippen LogP contribution >= 0.6 is 0 Å². The molecule has 0 aliphatic carbocycles. The Hall–Kier alpha value is -3.63. The van der Waals surface area contributed by atoms with E-state index in [2.05, 4.69) is 5.43 Å². The Kier molecular flexibility index (Phi) is 6.24. The molecule has 1 fully saturated rings. The summed E-state index contributed by atoms with van der Waals surface area (Å²) in [5, 5.41) is 0. The SMILES string of the molecule is O=C(NNS(=O)(=O)c1ccc(N2CCCC2=O)cc1)c1ccc(COc2ccccc2)o1. The summed E-state index contributed by atoms with van der Waals surface area (Å²) in [4.78, 5) is 27.7. The van der Waals surface area contributed by atoms with Gasteiger partial charge in [0, 0.05) is 18.7 Å². The molecule has 2 heterocycles. The minimum absolute atomic E-state index is 0.0120. The molecule has 0 spiro atoms. The lowest BCUT2D eigenvalue weighted by Crippen LogP contribution is -2.41. The van der Waals surface area contributed by atoms with Crippen LogP contribution in [0.4, 0.5) is 5.69 Å². The Morgan fingerprint density at radius 2 is 1.78 bits per heavy atom. The lowest BCUT2D eigenvalue weighted by Gasteiger charge is -2.16. The summed E-state index contributed by atoms with van der Waals surface area (Å²) in [6.45, 7) is 0.732. The summed E-state index contributed by atoms with van der Waals surface area (Å²) in [5.74, 6) is 0.260. The number of anilines is 1. The molecule has 2 aromatic carbocycles. The Labute approximate surface area is 185 Å². The van der Waals surface area contributed by atoms with Gasteiger partial charge in [-0.2, -0.15) is 0 Å². The van der Waals surface area contributed by atoms with Crippen molar-refractivity contribution in [2.45, 2.75) is 24.3 Å². The first-order valence-electron chi connectivity index (χ1n) is 9.91. The van der Waals surface area contributed by atoms with E-state index in [0.29, 0.717) is 30.2 Å². The Bertz CT molecular complexity index is 1210. The van der Waals surface area contributed by atoms with Crippen LogP contribution in [0.15, 0.2) is 76.0 Å². The van der Waals surface area contributed by atoms with Crippen LogP contribution in [0.3, 0.4) is 0 Å². The number of nitrogens with zero attached hydrogens (tertiary/aromatic N) is 1. The van der Waals surface area contributed by atoms with Gasteiger partial charge in [0.1, 0.15) is 18.1 Å². The van der Waals surface area contributed by atoms with Crippen molar-refractivity contribution in [1.29, 1.82) is 0 Å². The minimum Gasteiger partial charge on any atom is -0.486 e. The zero-order valence-corrected chi connectivity index (χ0v) is 17.8. The molecular formula is C22H21N3O6S. The van der Waals surface area contributed by atoms with Gasteiger partial charge in [0.15, 0.2) is 5.76 Å². The molecule has 3 aromatic rings. The highest BCUT2D eigenvalue weighted by Gasteiger charge is 2.23. The molecule has 9 nitrogen and oxygen atoms in total. The number of carbonyl (C=O) groups is 2. The molecule has 0 radical (unpaired) electrons. The molecule has 0 saturated carbocycles. The van der Waals surface area contributed by atoms with E-state index in [4.69, 9.17) is 9.15 Å². The second-order valence-corrected chi connectivity index (χ2v) is 8.75. The number of hydrazine groups is 1. The number of sulfonamides is 1. The normalized spacial score (nSPS) is 13.9. The number of hydrogen-bond donors (Lipinski definition) is 2. The smallest absolute Gasteiger partial charge is 0.301 e. The summed E-state index contributed by atoms with van der Waals surface area (Å²) in [6, 6.07) is 18.0. The maximum Gasteiger partial charge on any atom is 0.301 e. The second kappa shape index (κ2) is 9.25. The molecule has 32 heavy (non-hydrogen) atoms. The Morgan fingerprint density at radius 3 is 2.47 bits per heavy atom. The van der Waals surface area contributed by atoms with Crippen molar-refractivity contribution in [3.8, 4) is 5.75 Å². The first-order valence-corrected chi connectivity index (χ1v) is 11.4. The van der Waals surface area contributed by atoms with E-state index in [1.165, 1.54) is 18.2 Å². The largest absolute Gasteiger partial charge is 0.486 e. The number of para-hydroxylation sites is 1. The summed E-state index contributed by atoms with van der Waals surface area (Å²) in [5.41, 5.74) is 2.76. The average Bonchev–Trinajstić information content (AvgIpc) is 3.46. The molecule has 0 atom stereocenters. The third-order valence-electron chi connectivity index (χ3n) is 4.84. The number of nitrogens with one attached hydrogen (secondary N) is 2. The van der Waals surface area contributed by atoms with Gasteiger partial charge < -0.3 is 14.1 Å². The fourth-order valence-corrected chi connectivity index (χ4v) is 4.05. The van der Waals surface area contributed by atoms with E-state index in [9.17, 15) is 18.0 Å². The van der Waals surface area contributed by atoms with E-state index in [-0.39, 0.29) is 23.2 Å². The predicted molar refractivity (Wildman–Crippen MR) is 115 cm³/mol. The van der Waals surface area contributed by atoms with Gasteiger partial charge in [0.2, 0.25) is 5.91 Å². The highest BCUT2D eigenvalue weighted by molar-refractivity contribution is 7.89. The average molecular weight is 455 g/mol. The molecule has 1 aliphatic rings. The van der Waals surface area contributed by atoms with Crippen LogP contribution in [0.2, 0.25) is 0 Å². The van der Waals surface area contributed by atoms with Crippen molar-refractivity contribution in [1.82, 2.24) is 10.3 Å². The number of hydrogen-bond acceptors (Lipinski definition) is 6. The van der Waals surface area contributed by atoms with Crippen LogP contribution in [0.1, 0.15) is 29.2 Å². The maximum absolute atomic E-state index is 12.5. The quantitative estimate of drug-likeness (QED) is 0.504.